The molecule has 1 N–H and O–H groups in total. The molecule has 0 aromatic heterocycles. The third kappa shape index (κ3) is 2.13. The first-order valence-corrected chi connectivity index (χ1v) is 4.59. The van der Waals surface area contributed by atoms with Crippen LogP contribution in [0.3, 0.4) is 0 Å². The van der Waals surface area contributed by atoms with Crippen molar-refractivity contribution in [1.29, 1.82) is 0 Å². The Hall–Kier alpha value is -2.12. The molecule has 0 saturated heterocycles. The highest BCUT2D eigenvalue weighted by Gasteiger charge is 2.33. The Morgan fingerprint density at radius 1 is 1.00 bits per heavy atom. The Morgan fingerprint density at radius 3 is 1.83 bits per heavy atom. The Bertz CT molecular complexity index is 527. The Morgan fingerprint density at radius 2 is 1.44 bits per heavy atom. The van der Waals surface area contributed by atoms with Crippen LogP contribution in [-0.4, -0.2) is 23.7 Å². The van der Waals surface area contributed by atoms with E-state index in [0.717, 1.165) is 0 Å². The van der Waals surface area contributed by atoms with Crippen molar-refractivity contribution < 1.29 is 37.0 Å². The normalized spacial score (nSPS) is 10.3. The van der Waals surface area contributed by atoms with Gasteiger partial charge in [0.2, 0.25) is 0 Å². The highest BCUT2D eigenvalue weighted by atomic mass is 19.2. The molecule has 18 heavy (non-hydrogen) atoms. The number of carboxylic acid groups (broad SMARTS) is 1. The van der Waals surface area contributed by atoms with E-state index in [2.05, 4.69) is 4.74 Å². The van der Waals surface area contributed by atoms with Gasteiger partial charge in [0.05, 0.1) is 6.61 Å². The summed E-state index contributed by atoms with van der Waals surface area (Å²) in [7, 11) is 0. The summed E-state index contributed by atoms with van der Waals surface area (Å²) in [5.74, 6) is -12.6. The van der Waals surface area contributed by atoms with Crippen molar-refractivity contribution >= 4 is 11.9 Å². The second kappa shape index (κ2) is 5.03. The van der Waals surface area contributed by atoms with Crippen LogP contribution in [-0.2, 0) is 4.74 Å². The molecule has 8 heteroatoms. The number of halogens is 4. The number of esters is 1. The van der Waals surface area contributed by atoms with Crippen molar-refractivity contribution in [3.63, 3.8) is 0 Å². The zero-order chi connectivity index (χ0) is 14.0. The summed E-state index contributed by atoms with van der Waals surface area (Å²) in [5, 5.41) is 8.60. The molecule has 0 bridgehead atoms. The maximum Gasteiger partial charge on any atom is 0.342 e. The average molecular weight is 266 g/mol. The number of rotatable bonds is 3. The van der Waals surface area contributed by atoms with Crippen LogP contribution < -0.4 is 0 Å². The van der Waals surface area contributed by atoms with Gasteiger partial charge in [-0.3, -0.25) is 0 Å². The fourth-order valence-corrected chi connectivity index (χ4v) is 1.23. The van der Waals surface area contributed by atoms with Gasteiger partial charge in [-0.2, -0.15) is 0 Å². The summed E-state index contributed by atoms with van der Waals surface area (Å²) in [6.45, 7) is 1.03. The molecule has 1 aromatic rings. The molecular formula is C10H6F4O4. The fourth-order valence-electron chi connectivity index (χ4n) is 1.23. The smallest absolute Gasteiger partial charge is 0.342 e. The predicted molar refractivity (Wildman–Crippen MR) is 49.2 cm³/mol. The zero-order valence-electron chi connectivity index (χ0n) is 8.89. The minimum absolute atomic E-state index is 0.280. The molecule has 4 nitrogen and oxygen atoms in total. The Labute approximate surface area is 97.8 Å². The Balaban J connectivity index is 3.67. The van der Waals surface area contributed by atoms with Gasteiger partial charge in [0.1, 0.15) is 11.1 Å². The quantitative estimate of drug-likeness (QED) is 0.394. The molecule has 0 radical (unpaired) electrons. The van der Waals surface area contributed by atoms with Crippen LogP contribution in [0.15, 0.2) is 0 Å². The van der Waals surface area contributed by atoms with E-state index in [-0.39, 0.29) is 6.61 Å². The van der Waals surface area contributed by atoms with Gasteiger partial charge in [0.15, 0.2) is 23.3 Å². The lowest BCUT2D eigenvalue weighted by molar-refractivity contribution is 0.0504. The van der Waals surface area contributed by atoms with Crippen molar-refractivity contribution in [3.8, 4) is 0 Å². The van der Waals surface area contributed by atoms with Crippen LogP contribution in [0, 0.1) is 23.3 Å². The van der Waals surface area contributed by atoms with Gasteiger partial charge in [0, 0.05) is 0 Å². The molecule has 0 fully saturated rings. The third-order valence-corrected chi connectivity index (χ3v) is 1.96. The monoisotopic (exact) mass is 266 g/mol. The van der Waals surface area contributed by atoms with Crippen molar-refractivity contribution in [2.24, 2.45) is 0 Å². The highest BCUT2D eigenvalue weighted by Crippen LogP contribution is 2.25. The van der Waals surface area contributed by atoms with Crippen molar-refractivity contribution in [2.75, 3.05) is 6.61 Å². The summed E-state index contributed by atoms with van der Waals surface area (Å²) in [4.78, 5) is 21.9. The summed E-state index contributed by atoms with van der Waals surface area (Å²) in [6, 6.07) is 0. The summed E-state index contributed by atoms with van der Waals surface area (Å²) < 4.78 is 56.5. The van der Waals surface area contributed by atoms with Crippen LogP contribution in [0.5, 0.6) is 0 Å². The first-order chi connectivity index (χ1) is 8.32. The standard InChI is InChI=1S/C10H6F4O4/c1-2-18-10(17)4-3(9(15)16)5(11)7(13)8(14)6(4)12/h2H2,1H3,(H,15,16). The molecule has 0 heterocycles. The summed E-state index contributed by atoms with van der Waals surface area (Å²) >= 11 is 0. The van der Waals surface area contributed by atoms with Crippen molar-refractivity contribution in [1.82, 2.24) is 0 Å². The zero-order valence-corrected chi connectivity index (χ0v) is 8.89. The van der Waals surface area contributed by atoms with E-state index in [1.54, 1.807) is 0 Å². The van der Waals surface area contributed by atoms with E-state index in [0.29, 0.717) is 0 Å². The number of carbonyl (C=O) groups is 2. The molecule has 1 rings (SSSR count). The lowest BCUT2D eigenvalue weighted by Gasteiger charge is -2.09. The van der Waals surface area contributed by atoms with Gasteiger partial charge >= 0.3 is 11.9 Å². The fraction of sp³-hybridized carbons (Fsp3) is 0.200. The van der Waals surface area contributed by atoms with Gasteiger partial charge in [-0.1, -0.05) is 0 Å². The molecule has 98 valence electrons. The lowest BCUT2D eigenvalue weighted by atomic mass is 10.1. The summed E-state index contributed by atoms with van der Waals surface area (Å²) in [6.07, 6.45) is 0. The lowest BCUT2D eigenvalue weighted by Crippen LogP contribution is -2.19. The highest BCUT2D eigenvalue weighted by molar-refractivity contribution is 6.02. The van der Waals surface area contributed by atoms with E-state index in [1.165, 1.54) is 6.92 Å². The van der Waals surface area contributed by atoms with E-state index in [1.807, 2.05) is 0 Å². The second-order valence-corrected chi connectivity index (χ2v) is 3.03. The molecule has 0 unspecified atom stereocenters. The third-order valence-electron chi connectivity index (χ3n) is 1.96. The SMILES string of the molecule is CCOC(=O)c1c(F)c(F)c(F)c(F)c1C(=O)O. The number of hydrogen-bond acceptors (Lipinski definition) is 3. The first kappa shape index (κ1) is 13.9. The van der Waals surface area contributed by atoms with Crippen LogP contribution in [0.25, 0.3) is 0 Å². The van der Waals surface area contributed by atoms with Crippen LogP contribution in [0.4, 0.5) is 17.6 Å². The number of aromatic carboxylic acids is 1. The average Bonchev–Trinajstić information content (AvgIpc) is 2.30. The van der Waals surface area contributed by atoms with Crippen molar-refractivity contribution in [3.05, 3.63) is 34.4 Å². The first-order valence-electron chi connectivity index (χ1n) is 4.59. The molecule has 1 aromatic carbocycles. The molecule has 0 spiro atoms. The molecule has 0 atom stereocenters. The van der Waals surface area contributed by atoms with Gasteiger partial charge in [-0.25, -0.2) is 27.2 Å². The largest absolute Gasteiger partial charge is 0.478 e. The van der Waals surface area contributed by atoms with Gasteiger partial charge in [-0.15, -0.1) is 0 Å². The molecule has 0 aliphatic rings. The van der Waals surface area contributed by atoms with Crippen LogP contribution >= 0.6 is 0 Å². The minimum Gasteiger partial charge on any atom is -0.478 e. The van der Waals surface area contributed by atoms with Crippen molar-refractivity contribution in [2.45, 2.75) is 6.92 Å². The van der Waals surface area contributed by atoms with Crippen LogP contribution in [0.1, 0.15) is 27.6 Å². The summed E-state index contributed by atoms with van der Waals surface area (Å²) in [5.41, 5.74) is -3.09. The minimum atomic E-state index is -2.31. The van der Waals surface area contributed by atoms with E-state index < -0.39 is 46.3 Å². The molecule has 0 amide bonds. The van der Waals surface area contributed by atoms with E-state index >= 15 is 0 Å². The maximum atomic E-state index is 13.3. The Kier molecular flexibility index (Phi) is 3.89. The van der Waals surface area contributed by atoms with E-state index in [9.17, 15) is 27.2 Å². The molecule has 0 aliphatic carbocycles. The molecule has 0 saturated carbocycles. The predicted octanol–water partition coefficient (Wildman–Crippen LogP) is 2.12. The van der Waals surface area contributed by atoms with Gasteiger partial charge in [0.25, 0.3) is 0 Å². The molecule has 0 aliphatic heterocycles. The van der Waals surface area contributed by atoms with Gasteiger partial charge < -0.3 is 9.84 Å². The van der Waals surface area contributed by atoms with Crippen LogP contribution in [0.2, 0.25) is 0 Å². The number of hydrogen-bond donors (Lipinski definition) is 1. The number of ether oxygens (including phenoxy) is 1. The topological polar surface area (TPSA) is 63.6 Å². The number of benzene rings is 1. The molecular weight excluding hydrogens is 260 g/mol. The van der Waals surface area contributed by atoms with E-state index in [4.69, 9.17) is 5.11 Å². The second-order valence-electron chi connectivity index (χ2n) is 3.03. The number of carboxylic acids is 1. The number of carbonyl (C=O) groups excluding carboxylic acids is 1. The maximum absolute atomic E-state index is 13.3. The van der Waals surface area contributed by atoms with Gasteiger partial charge in [-0.05, 0) is 6.92 Å².